The first-order valence-corrected chi connectivity index (χ1v) is 11.0. The average Bonchev–Trinajstić information content (AvgIpc) is 2.65. The summed E-state index contributed by atoms with van der Waals surface area (Å²) < 4.78 is 69.6. The molecule has 0 fully saturated rings. The highest BCUT2D eigenvalue weighted by Crippen LogP contribution is 2.33. The summed E-state index contributed by atoms with van der Waals surface area (Å²) in [6, 6.07) is 11.6. The number of sulfonamides is 1. The van der Waals surface area contributed by atoms with Crippen LogP contribution in [0.2, 0.25) is 0 Å². The van der Waals surface area contributed by atoms with E-state index in [2.05, 4.69) is 11.4 Å². The molecular formula is C20H23F3N2O3S. The molecule has 1 aliphatic rings. The van der Waals surface area contributed by atoms with E-state index in [4.69, 9.17) is 4.74 Å². The number of rotatable bonds is 7. The van der Waals surface area contributed by atoms with E-state index in [1.807, 2.05) is 18.2 Å². The summed E-state index contributed by atoms with van der Waals surface area (Å²) in [4.78, 5) is 0. The second-order valence-electron chi connectivity index (χ2n) is 7.14. The van der Waals surface area contributed by atoms with Crippen LogP contribution >= 0.6 is 0 Å². The summed E-state index contributed by atoms with van der Waals surface area (Å²) in [6.45, 7) is 1.66. The van der Waals surface area contributed by atoms with Gasteiger partial charge in [0.2, 0.25) is 10.0 Å². The van der Waals surface area contributed by atoms with Gasteiger partial charge in [-0.1, -0.05) is 48.5 Å². The average molecular weight is 428 g/mol. The molecule has 0 bridgehead atoms. The van der Waals surface area contributed by atoms with Crippen molar-refractivity contribution in [3.05, 3.63) is 70.8 Å². The molecule has 0 aromatic heterocycles. The van der Waals surface area contributed by atoms with Gasteiger partial charge in [-0.15, -0.1) is 0 Å². The largest absolute Gasteiger partial charge is 0.408 e. The summed E-state index contributed by atoms with van der Waals surface area (Å²) in [6.07, 6.45) is -3.17. The molecule has 1 heterocycles. The quantitative estimate of drug-likeness (QED) is 0.711. The molecule has 0 saturated carbocycles. The van der Waals surface area contributed by atoms with Crippen molar-refractivity contribution in [3.63, 3.8) is 0 Å². The van der Waals surface area contributed by atoms with Gasteiger partial charge in [-0.2, -0.15) is 17.9 Å². The van der Waals surface area contributed by atoms with E-state index in [1.165, 1.54) is 23.3 Å². The van der Waals surface area contributed by atoms with Crippen molar-refractivity contribution < 1.29 is 26.3 Å². The van der Waals surface area contributed by atoms with Crippen molar-refractivity contribution in [3.8, 4) is 0 Å². The topological polar surface area (TPSA) is 67.4 Å². The Kier molecular flexibility index (Phi) is 6.62. The van der Waals surface area contributed by atoms with E-state index in [-0.39, 0.29) is 11.7 Å². The van der Waals surface area contributed by atoms with Gasteiger partial charge >= 0.3 is 6.18 Å². The van der Waals surface area contributed by atoms with Crippen LogP contribution in [0.5, 0.6) is 0 Å². The Bertz CT molecular complexity index is 931. The summed E-state index contributed by atoms with van der Waals surface area (Å²) in [7, 11) is -4.01. The minimum Gasteiger partial charge on any atom is -0.372 e. The SMILES string of the molecule is CS(=O)(=O)NC(c1ccc(CNCC2Cc3ccccc3CO2)cc1)C(F)(F)F. The molecule has 9 heteroatoms. The van der Waals surface area contributed by atoms with Gasteiger partial charge in [0.15, 0.2) is 0 Å². The van der Waals surface area contributed by atoms with Gasteiger partial charge in [-0.05, 0) is 22.3 Å². The fourth-order valence-corrected chi connectivity index (χ4v) is 3.98. The van der Waals surface area contributed by atoms with E-state index >= 15 is 0 Å². The molecule has 29 heavy (non-hydrogen) atoms. The summed E-state index contributed by atoms with van der Waals surface area (Å²) >= 11 is 0. The lowest BCUT2D eigenvalue weighted by atomic mass is 9.99. The molecule has 2 unspecified atom stereocenters. The number of hydrogen-bond donors (Lipinski definition) is 2. The van der Waals surface area contributed by atoms with E-state index < -0.39 is 22.2 Å². The van der Waals surface area contributed by atoms with Gasteiger partial charge in [0.1, 0.15) is 6.04 Å². The molecule has 2 atom stereocenters. The first kappa shape index (κ1) is 21.8. The second kappa shape index (κ2) is 8.83. The van der Waals surface area contributed by atoms with Crippen molar-refractivity contribution in [2.75, 3.05) is 12.8 Å². The van der Waals surface area contributed by atoms with E-state index in [1.54, 1.807) is 16.9 Å². The zero-order valence-electron chi connectivity index (χ0n) is 15.9. The summed E-state index contributed by atoms with van der Waals surface area (Å²) in [5.41, 5.74) is 3.11. The fourth-order valence-electron chi connectivity index (χ4n) is 3.28. The van der Waals surface area contributed by atoms with Gasteiger partial charge in [0.05, 0.1) is 19.0 Å². The van der Waals surface area contributed by atoms with E-state index in [0.29, 0.717) is 26.0 Å². The Balaban J connectivity index is 1.55. The third kappa shape index (κ3) is 6.27. The Labute approximate surface area is 168 Å². The lowest BCUT2D eigenvalue weighted by Crippen LogP contribution is -2.37. The van der Waals surface area contributed by atoms with Crippen molar-refractivity contribution in [1.82, 2.24) is 10.0 Å². The number of fused-ring (bicyclic) bond motifs is 1. The van der Waals surface area contributed by atoms with Gasteiger partial charge < -0.3 is 10.1 Å². The minimum absolute atomic E-state index is 0.0396. The second-order valence-corrected chi connectivity index (χ2v) is 8.92. The lowest BCUT2D eigenvalue weighted by Gasteiger charge is -2.25. The minimum atomic E-state index is -4.72. The molecule has 158 valence electrons. The predicted molar refractivity (Wildman–Crippen MR) is 104 cm³/mol. The van der Waals surface area contributed by atoms with Crippen LogP contribution in [0.25, 0.3) is 0 Å². The van der Waals surface area contributed by atoms with Gasteiger partial charge in [-0.3, -0.25) is 0 Å². The van der Waals surface area contributed by atoms with Gasteiger partial charge in [0, 0.05) is 19.5 Å². The molecule has 1 aliphatic heterocycles. The highest BCUT2D eigenvalue weighted by molar-refractivity contribution is 7.88. The number of halogens is 3. The Hall–Kier alpha value is -1.94. The van der Waals surface area contributed by atoms with Crippen LogP contribution in [0.1, 0.15) is 28.3 Å². The van der Waals surface area contributed by atoms with Crippen LogP contribution in [0.15, 0.2) is 48.5 Å². The molecule has 2 aromatic carbocycles. The molecule has 0 radical (unpaired) electrons. The van der Waals surface area contributed by atoms with Crippen molar-refractivity contribution in [2.24, 2.45) is 0 Å². The van der Waals surface area contributed by atoms with Crippen molar-refractivity contribution >= 4 is 10.0 Å². The zero-order valence-corrected chi connectivity index (χ0v) is 16.7. The van der Waals surface area contributed by atoms with E-state index in [9.17, 15) is 21.6 Å². The standard InChI is InChI=1S/C20H23F3N2O3S/c1-29(26,27)25-19(20(21,22)23)15-8-6-14(7-9-15)11-24-12-18-10-16-4-2-3-5-17(16)13-28-18/h2-9,18-19,24-25H,10-13H2,1H3. The summed E-state index contributed by atoms with van der Waals surface area (Å²) in [5, 5.41) is 3.26. The summed E-state index contributed by atoms with van der Waals surface area (Å²) in [5.74, 6) is 0. The van der Waals surface area contributed by atoms with Crippen LogP contribution in [-0.4, -0.2) is 33.5 Å². The first-order valence-electron chi connectivity index (χ1n) is 9.14. The van der Waals surface area contributed by atoms with E-state index in [0.717, 1.165) is 12.0 Å². The van der Waals surface area contributed by atoms with Crippen LogP contribution in [0, 0.1) is 0 Å². The number of alkyl halides is 3. The maximum Gasteiger partial charge on any atom is 0.408 e. The van der Waals surface area contributed by atoms with Crippen molar-refractivity contribution in [1.29, 1.82) is 0 Å². The molecular weight excluding hydrogens is 405 g/mol. The van der Waals surface area contributed by atoms with Gasteiger partial charge in [0.25, 0.3) is 0 Å². The molecule has 5 nitrogen and oxygen atoms in total. The molecule has 0 saturated heterocycles. The first-order chi connectivity index (χ1) is 13.6. The van der Waals surface area contributed by atoms with Crippen LogP contribution in [-0.2, 0) is 34.3 Å². The number of ether oxygens (including phenoxy) is 1. The molecule has 0 spiro atoms. The Morgan fingerprint density at radius 2 is 1.76 bits per heavy atom. The van der Waals surface area contributed by atoms with Crippen molar-refractivity contribution in [2.45, 2.75) is 37.9 Å². The maximum absolute atomic E-state index is 13.2. The maximum atomic E-state index is 13.2. The zero-order chi connectivity index (χ0) is 21.1. The van der Waals surface area contributed by atoms with Crippen LogP contribution < -0.4 is 10.0 Å². The molecule has 0 amide bonds. The predicted octanol–water partition coefficient (Wildman–Crippen LogP) is 3.07. The molecule has 2 aromatic rings. The smallest absolute Gasteiger partial charge is 0.372 e. The number of hydrogen-bond acceptors (Lipinski definition) is 4. The van der Waals surface area contributed by atoms with Crippen LogP contribution in [0.4, 0.5) is 13.2 Å². The Morgan fingerprint density at radius 1 is 1.10 bits per heavy atom. The van der Waals surface area contributed by atoms with Gasteiger partial charge in [-0.25, -0.2) is 8.42 Å². The third-order valence-corrected chi connectivity index (χ3v) is 5.38. The highest BCUT2D eigenvalue weighted by atomic mass is 32.2. The fraction of sp³-hybridized carbons (Fsp3) is 0.400. The highest BCUT2D eigenvalue weighted by Gasteiger charge is 2.42. The van der Waals surface area contributed by atoms with Crippen LogP contribution in [0.3, 0.4) is 0 Å². The monoisotopic (exact) mass is 428 g/mol. The molecule has 2 N–H and O–H groups in total. The molecule has 0 aliphatic carbocycles. The number of benzene rings is 2. The lowest BCUT2D eigenvalue weighted by molar-refractivity contribution is -0.153. The number of nitrogens with one attached hydrogen (secondary N) is 2. The Morgan fingerprint density at radius 3 is 2.38 bits per heavy atom. The third-order valence-electron chi connectivity index (χ3n) is 4.71. The normalized spacial score (nSPS) is 18.3. The molecule has 3 rings (SSSR count).